The second-order valence-electron chi connectivity index (χ2n) is 13.7. The molecule has 0 fully saturated rings. The van der Waals surface area contributed by atoms with Crippen LogP contribution in [0.2, 0.25) is 0 Å². The molecule has 7 aromatic rings. The molecule has 2 N–H and O–H groups in total. The molecule has 4 aromatic carbocycles. The van der Waals surface area contributed by atoms with Crippen molar-refractivity contribution in [3.8, 4) is 33.9 Å². The van der Waals surface area contributed by atoms with Gasteiger partial charge in [-0.3, -0.25) is 9.59 Å². The largest absolute Gasteiger partial charge is 0.326 e. The average molecular weight is 750 g/mol. The third kappa shape index (κ3) is 8.96. The quantitative estimate of drug-likeness (QED) is 0.0981. The number of nitrogens with zero attached hydrogens (tertiary/aromatic N) is 9. The Morgan fingerprint density at radius 3 is 1.45 bits per heavy atom. The van der Waals surface area contributed by atoms with Crippen LogP contribution in [0.25, 0.3) is 55.7 Å². The molecule has 7 rings (SSSR count). The molecule has 0 aliphatic carbocycles. The molecule has 0 bridgehead atoms. The summed E-state index contributed by atoms with van der Waals surface area (Å²) in [4.78, 5) is 34.7. The molecule has 0 unspecified atom stereocenters. The van der Waals surface area contributed by atoms with Gasteiger partial charge in [0, 0.05) is 59.2 Å². The lowest BCUT2D eigenvalue weighted by Crippen LogP contribution is -2.27. The second-order valence-corrected chi connectivity index (χ2v) is 13.7. The minimum Gasteiger partial charge on any atom is -0.326 e. The summed E-state index contributed by atoms with van der Waals surface area (Å²) in [6.45, 7) is 13.5. The van der Waals surface area contributed by atoms with E-state index in [1.807, 2.05) is 97.3 Å². The molecule has 3 aromatic heterocycles. The Kier molecular flexibility index (Phi) is 11.8. The number of hydrogen-bond donors (Lipinski definition) is 2. The average Bonchev–Trinajstić information content (AvgIpc) is 3.93. The third-order valence-electron chi connectivity index (χ3n) is 10.1. The van der Waals surface area contributed by atoms with Crippen LogP contribution in [-0.4, -0.2) is 95.9 Å². The number of rotatable bonds is 16. The third-order valence-corrected chi connectivity index (χ3v) is 10.1. The van der Waals surface area contributed by atoms with Crippen molar-refractivity contribution < 1.29 is 9.59 Å². The highest BCUT2D eigenvalue weighted by molar-refractivity contribution is 5.95. The van der Waals surface area contributed by atoms with Crippen LogP contribution in [-0.2, 0) is 9.59 Å². The van der Waals surface area contributed by atoms with Crippen molar-refractivity contribution in [2.45, 2.75) is 40.5 Å². The minimum absolute atomic E-state index is 0.0159. The number of carbonyl (C=O) groups is 2. The normalized spacial score (nSPS) is 11.5. The van der Waals surface area contributed by atoms with E-state index in [-0.39, 0.29) is 11.8 Å². The Balaban J connectivity index is 1.05. The Morgan fingerprint density at radius 1 is 0.571 bits per heavy atom. The summed E-state index contributed by atoms with van der Waals surface area (Å²) >= 11 is 0. The van der Waals surface area contributed by atoms with Crippen molar-refractivity contribution in [3.05, 3.63) is 103 Å². The molecule has 0 aliphatic heterocycles. The van der Waals surface area contributed by atoms with Gasteiger partial charge in [0.25, 0.3) is 0 Å². The SMILES string of the molecule is CCN(CC)CCC(=O)Nc1cccc(-c2cn(-c3ccc4cc5ccc(-n6cc(-c7cccc(NC(=O)CCN(CC)CC)c7)nn6)cc5nc4c3)nn2)c1. The zero-order valence-corrected chi connectivity index (χ0v) is 32.3. The molecule has 0 spiro atoms. The van der Waals surface area contributed by atoms with E-state index in [4.69, 9.17) is 4.98 Å². The molecule has 0 saturated carbocycles. The first-order chi connectivity index (χ1) is 27.3. The van der Waals surface area contributed by atoms with Crippen LogP contribution < -0.4 is 10.6 Å². The van der Waals surface area contributed by atoms with Crippen molar-refractivity contribution in [2.24, 2.45) is 0 Å². The number of anilines is 2. The van der Waals surface area contributed by atoms with Gasteiger partial charge in [0.1, 0.15) is 11.4 Å². The van der Waals surface area contributed by atoms with Crippen LogP contribution in [0.4, 0.5) is 11.4 Å². The molecule has 0 radical (unpaired) electrons. The Labute approximate surface area is 326 Å². The number of benzene rings is 4. The summed E-state index contributed by atoms with van der Waals surface area (Å²) in [5, 5.41) is 25.7. The Morgan fingerprint density at radius 2 is 1.02 bits per heavy atom. The van der Waals surface area contributed by atoms with E-state index in [0.717, 1.165) is 95.0 Å². The van der Waals surface area contributed by atoms with Gasteiger partial charge in [-0.05, 0) is 80.8 Å². The predicted molar refractivity (Wildman–Crippen MR) is 222 cm³/mol. The van der Waals surface area contributed by atoms with Gasteiger partial charge in [-0.1, -0.05) is 74.5 Å². The highest BCUT2D eigenvalue weighted by atomic mass is 16.2. The first-order valence-electron chi connectivity index (χ1n) is 19.3. The van der Waals surface area contributed by atoms with Crippen molar-refractivity contribution in [2.75, 3.05) is 49.9 Å². The molecule has 0 saturated heterocycles. The van der Waals surface area contributed by atoms with Crippen LogP contribution in [0, 0.1) is 0 Å². The summed E-state index contributed by atoms with van der Waals surface area (Å²) in [6.07, 6.45) is 4.63. The molecule has 0 atom stereocenters. The van der Waals surface area contributed by atoms with Crippen LogP contribution >= 0.6 is 0 Å². The summed E-state index contributed by atoms with van der Waals surface area (Å²) in [6, 6.07) is 29.5. The maximum Gasteiger partial charge on any atom is 0.225 e. The molecular weight excluding hydrogens is 703 g/mol. The fourth-order valence-corrected chi connectivity index (χ4v) is 6.69. The summed E-state index contributed by atoms with van der Waals surface area (Å²) in [7, 11) is 0. The van der Waals surface area contributed by atoms with Gasteiger partial charge in [0.2, 0.25) is 11.8 Å². The number of aromatic nitrogens is 7. The topological polar surface area (TPSA) is 139 Å². The van der Waals surface area contributed by atoms with Crippen molar-refractivity contribution in [1.82, 2.24) is 44.8 Å². The maximum absolute atomic E-state index is 12.6. The van der Waals surface area contributed by atoms with Crippen LogP contribution in [0.3, 0.4) is 0 Å². The minimum atomic E-state index is -0.0159. The van der Waals surface area contributed by atoms with E-state index in [1.165, 1.54) is 0 Å². The van der Waals surface area contributed by atoms with Gasteiger partial charge in [0.15, 0.2) is 0 Å². The predicted octanol–water partition coefficient (Wildman–Crippen LogP) is 7.22. The van der Waals surface area contributed by atoms with E-state index in [1.54, 1.807) is 9.36 Å². The summed E-state index contributed by atoms with van der Waals surface area (Å²) in [5.74, 6) is -0.0318. The smallest absolute Gasteiger partial charge is 0.225 e. The zero-order chi connectivity index (χ0) is 39.0. The van der Waals surface area contributed by atoms with E-state index in [2.05, 4.69) is 74.8 Å². The molecular formula is C43H47N11O2. The fourth-order valence-electron chi connectivity index (χ4n) is 6.69. The number of amides is 2. The fraction of sp³-hybridized carbons (Fsp3) is 0.279. The molecule has 13 nitrogen and oxygen atoms in total. The molecule has 0 aliphatic rings. The van der Waals surface area contributed by atoms with Gasteiger partial charge in [-0.15, -0.1) is 10.2 Å². The lowest BCUT2D eigenvalue weighted by Gasteiger charge is -2.17. The number of hydrogen-bond acceptors (Lipinski definition) is 9. The summed E-state index contributed by atoms with van der Waals surface area (Å²) < 4.78 is 3.46. The Bertz CT molecular complexity index is 2300. The Hall–Kier alpha value is -6.31. The molecule has 3 heterocycles. The molecule has 286 valence electrons. The van der Waals surface area contributed by atoms with Crippen molar-refractivity contribution in [1.29, 1.82) is 0 Å². The number of nitrogens with one attached hydrogen (secondary N) is 2. The van der Waals surface area contributed by atoms with Gasteiger partial charge in [0.05, 0.1) is 34.8 Å². The van der Waals surface area contributed by atoms with E-state index >= 15 is 0 Å². The van der Waals surface area contributed by atoms with Crippen molar-refractivity contribution in [3.63, 3.8) is 0 Å². The van der Waals surface area contributed by atoms with E-state index in [0.29, 0.717) is 24.2 Å². The molecule has 13 heteroatoms. The summed E-state index contributed by atoms with van der Waals surface area (Å²) in [5.41, 5.74) is 7.81. The van der Waals surface area contributed by atoms with Crippen molar-refractivity contribution >= 4 is 45.0 Å². The van der Waals surface area contributed by atoms with Gasteiger partial charge < -0.3 is 20.4 Å². The van der Waals surface area contributed by atoms with Crippen LogP contribution in [0.5, 0.6) is 0 Å². The van der Waals surface area contributed by atoms with Crippen LogP contribution in [0.1, 0.15) is 40.5 Å². The zero-order valence-electron chi connectivity index (χ0n) is 32.3. The molecule has 56 heavy (non-hydrogen) atoms. The molecule has 2 amide bonds. The van der Waals surface area contributed by atoms with Gasteiger partial charge >= 0.3 is 0 Å². The van der Waals surface area contributed by atoms with Gasteiger partial charge in [-0.2, -0.15) is 0 Å². The number of pyridine rings is 1. The first kappa shape index (κ1) is 38.0. The maximum atomic E-state index is 12.6. The lowest BCUT2D eigenvalue weighted by atomic mass is 10.1. The second kappa shape index (κ2) is 17.4. The first-order valence-corrected chi connectivity index (χ1v) is 19.3. The van der Waals surface area contributed by atoms with Gasteiger partial charge in [-0.25, -0.2) is 14.3 Å². The number of fused-ring (bicyclic) bond motifs is 2. The van der Waals surface area contributed by atoms with E-state index in [9.17, 15) is 9.59 Å². The van der Waals surface area contributed by atoms with E-state index < -0.39 is 0 Å². The monoisotopic (exact) mass is 749 g/mol. The highest BCUT2D eigenvalue weighted by Crippen LogP contribution is 2.27. The lowest BCUT2D eigenvalue weighted by molar-refractivity contribution is -0.117. The van der Waals surface area contributed by atoms with Crippen LogP contribution in [0.15, 0.2) is 103 Å². The highest BCUT2D eigenvalue weighted by Gasteiger charge is 2.13. The standard InChI is InChI=1S/C43H47N11O2/c1-5-51(6-2)21-19-42(55)44-34-13-9-11-30(24-34)40-28-53(49-47-40)36-17-15-32-23-33-16-18-37(27-39(33)46-38(32)26-36)54-29-41(48-50-54)31-12-10-14-35(25-31)45-43(56)20-22-52(7-3)8-4/h9-18,23-29H,5-8,19-22H2,1-4H3,(H,44,55)(H,45,56). The number of carbonyl (C=O) groups excluding carboxylic acids is 2.